The summed E-state index contributed by atoms with van der Waals surface area (Å²) in [4.78, 5) is 16.3. The predicted octanol–water partition coefficient (Wildman–Crippen LogP) is 6.11. The van der Waals surface area contributed by atoms with Gasteiger partial charge in [-0.05, 0) is 59.9 Å². The second kappa shape index (κ2) is 12.9. The number of amides is 1. The molecule has 2 aromatic carbocycles. The Kier molecular flexibility index (Phi) is 9.87. The van der Waals surface area contributed by atoms with Crippen molar-refractivity contribution in [3.63, 3.8) is 0 Å². The quantitative estimate of drug-likeness (QED) is 0.278. The van der Waals surface area contributed by atoms with E-state index in [1.54, 1.807) is 30.3 Å². The van der Waals surface area contributed by atoms with Crippen LogP contribution in [0.4, 0.5) is 22.0 Å². The summed E-state index contributed by atoms with van der Waals surface area (Å²) >= 11 is 6.00. The molecule has 0 aliphatic carbocycles. The van der Waals surface area contributed by atoms with E-state index in [9.17, 15) is 26.7 Å². The van der Waals surface area contributed by atoms with Gasteiger partial charge in [0.15, 0.2) is 11.5 Å². The Bertz CT molecular complexity index is 1210. The highest BCUT2D eigenvalue weighted by molar-refractivity contribution is 6.30. The number of carbonyl (C=O) groups excluding carboxylic acids is 1. The van der Waals surface area contributed by atoms with Crippen molar-refractivity contribution in [2.45, 2.75) is 37.7 Å². The van der Waals surface area contributed by atoms with Gasteiger partial charge in [-0.3, -0.25) is 15.1 Å². The summed E-state index contributed by atoms with van der Waals surface area (Å²) in [6, 6.07) is 11.9. The molecule has 0 fully saturated rings. The summed E-state index contributed by atoms with van der Waals surface area (Å²) in [5, 5.41) is 6.36. The zero-order valence-electron chi connectivity index (χ0n) is 20.4. The van der Waals surface area contributed by atoms with Crippen LogP contribution in [0.15, 0.2) is 60.8 Å². The Morgan fingerprint density at radius 3 is 2.26 bits per heavy atom. The Morgan fingerprint density at radius 1 is 1.03 bits per heavy atom. The SMILES string of the molecule is CNC(=O)[C@@H](N[C@@H](CCc1ccc(C(F)(F)F)nc1)c1ccc(OC(F)F)c(OC)c1)c1ccc(Cl)cc1. The van der Waals surface area contributed by atoms with Crippen LogP contribution >= 0.6 is 11.6 Å². The van der Waals surface area contributed by atoms with Gasteiger partial charge in [-0.1, -0.05) is 35.9 Å². The number of halogens is 6. The zero-order chi connectivity index (χ0) is 27.9. The number of nitrogens with zero attached hydrogens (tertiary/aromatic N) is 1. The molecule has 3 rings (SSSR count). The van der Waals surface area contributed by atoms with Crippen LogP contribution in [-0.2, 0) is 17.4 Å². The van der Waals surface area contributed by atoms with Gasteiger partial charge in [-0.15, -0.1) is 0 Å². The highest BCUT2D eigenvalue weighted by Crippen LogP contribution is 2.34. The van der Waals surface area contributed by atoms with Crippen molar-refractivity contribution in [3.8, 4) is 11.5 Å². The number of likely N-dealkylation sites (N-methyl/N-ethyl adjacent to an activating group) is 1. The summed E-state index contributed by atoms with van der Waals surface area (Å²) in [5.41, 5.74) is 0.723. The van der Waals surface area contributed by atoms with Gasteiger partial charge in [0.2, 0.25) is 5.91 Å². The first-order valence-electron chi connectivity index (χ1n) is 11.4. The molecule has 1 heterocycles. The van der Waals surface area contributed by atoms with Crippen molar-refractivity contribution in [1.82, 2.24) is 15.6 Å². The maximum absolute atomic E-state index is 12.9. The number of aromatic nitrogens is 1. The molecule has 204 valence electrons. The van der Waals surface area contributed by atoms with E-state index >= 15 is 0 Å². The lowest BCUT2D eigenvalue weighted by Crippen LogP contribution is -2.38. The number of alkyl halides is 5. The molecule has 0 bridgehead atoms. The van der Waals surface area contributed by atoms with Crippen molar-refractivity contribution < 1.29 is 36.2 Å². The van der Waals surface area contributed by atoms with E-state index in [4.69, 9.17) is 16.3 Å². The largest absolute Gasteiger partial charge is 0.493 e. The molecule has 2 N–H and O–H groups in total. The van der Waals surface area contributed by atoms with Crippen LogP contribution in [0.5, 0.6) is 11.5 Å². The van der Waals surface area contributed by atoms with Crippen LogP contribution in [-0.4, -0.2) is 31.7 Å². The second-order valence-electron chi connectivity index (χ2n) is 8.19. The van der Waals surface area contributed by atoms with Crippen LogP contribution in [0.25, 0.3) is 0 Å². The maximum atomic E-state index is 12.9. The van der Waals surface area contributed by atoms with Gasteiger partial charge in [-0.25, -0.2) is 0 Å². The lowest BCUT2D eigenvalue weighted by Gasteiger charge is -2.26. The smallest absolute Gasteiger partial charge is 0.433 e. The highest BCUT2D eigenvalue weighted by atomic mass is 35.5. The topological polar surface area (TPSA) is 72.5 Å². The number of carbonyl (C=O) groups is 1. The number of pyridine rings is 1. The van der Waals surface area contributed by atoms with Gasteiger partial charge in [0.25, 0.3) is 0 Å². The molecule has 0 aliphatic rings. The van der Waals surface area contributed by atoms with Gasteiger partial charge in [0, 0.05) is 24.3 Å². The normalized spacial score (nSPS) is 13.2. The first kappa shape index (κ1) is 29.1. The van der Waals surface area contributed by atoms with Crippen LogP contribution in [0.3, 0.4) is 0 Å². The molecule has 0 spiro atoms. The number of ether oxygens (including phenoxy) is 2. The summed E-state index contributed by atoms with van der Waals surface area (Å²) in [7, 11) is 2.78. The average molecular weight is 558 g/mol. The molecule has 6 nitrogen and oxygen atoms in total. The molecule has 0 saturated carbocycles. The van der Waals surface area contributed by atoms with Crippen LogP contribution in [0.1, 0.15) is 40.9 Å². The molecule has 1 aromatic heterocycles. The van der Waals surface area contributed by atoms with Crippen LogP contribution < -0.4 is 20.1 Å². The van der Waals surface area contributed by atoms with Crippen LogP contribution in [0, 0.1) is 0 Å². The van der Waals surface area contributed by atoms with Gasteiger partial charge < -0.3 is 14.8 Å². The first-order valence-corrected chi connectivity index (χ1v) is 11.8. The van der Waals surface area contributed by atoms with Crippen molar-refractivity contribution in [1.29, 1.82) is 0 Å². The van der Waals surface area contributed by atoms with Gasteiger partial charge in [0.05, 0.1) is 7.11 Å². The lowest BCUT2D eigenvalue weighted by atomic mass is 9.96. The minimum atomic E-state index is -4.56. The fourth-order valence-corrected chi connectivity index (χ4v) is 3.94. The monoisotopic (exact) mass is 557 g/mol. The number of rotatable bonds is 11. The molecular weight excluding hydrogens is 533 g/mol. The Labute approximate surface area is 221 Å². The molecule has 12 heteroatoms. The molecule has 2 atom stereocenters. The first-order chi connectivity index (χ1) is 18.0. The lowest BCUT2D eigenvalue weighted by molar-refractivity contribution is -0.141. The molecule has 0 aliphatic heterocycles. The number of hydrogen-bond donors (Lipinski definition) is 2. The summed E-state index contributed by atoms with van der Waals surface area (Å²) < 4.78 is 74.0. The molecule has 1 amide bonds. The molecule has 0 unspecified atom stereocenters. The number of hydrogen-bond acceptors (Lipinski definition) is 5. The summed E-state index contributed by atoms with van der Waals surface area (Å²) in [5.74, 6) is -0.468. The zero-order valence-corrected chi connectivity index (χ0v) is 21.1. The number of nitrogens with one attached hydrogen (secondary N) is 2. The predicted molar refractivity (Wildman–Crippen MR) is 131 cm³/mol. The molecular formula is C26H25ClF5N3O3. The van der Waals surface area contributed by atoms with E-state index in [0.29, 0.717) is 34.6 Å². The van der Waals surface area contributed by atoms with Gasteiger partial charge in [0.1, 0.15) is 11.7 Å². The Hall–Kier alpha value is -3.44. The molecule has 0 saturated heterocycles. The Morgan fingerprint density at radius 2 is 1.71 bits per heavy atom. The van der Waals surface area contributed by atoms with E-state index in [1.807, 2.05) is 0 Å². The van der Waals surface area contributed by atoms with Crippen molar-refractivity contribution in [2.24, 2.45) is 0 Å². The van der Waals surface area contributed by atoms with E-state index < -0.39 is 30.6 Å². The van der Waals surface area contributed by atoms with Crippen molar-refractivity contribution in [3.05, 3.63) is 88.2 Å². The molecule has 3 aromatic rings. The summed E-state index contributed by atoms with van der Waals surface area (Å²) in [6.07, 6.45) is -2.80. The van der Waals surface area contributed by atoms with Crippen molar-refractivity contribution >= 4 is 17.5 Å². The fraction of sp³-hybridized carbons (Fsp3) is 0.308. The second-order valence-corrected chi connectivity index (χ2v) is 8.63. The van der Waals surface area contributed by atoms with Gasteiger partial charge >= 0.3 is 12.8 Å². The minimum absolute atomic E-state index is 0.0498. The minimum Gasteiger partial charge on any atom is -0.493 e. The number of aryl methyl sites for hydroxylation is 1. The molecule has 38 heavy (non-hydrogen) atoms. The third-order valence-corrected chi connectivity index (χ3v) is 5.97. The van der Waals surface area contributed by atoms with E-state index in [-0.39, 0.29) is 17.4 Å². The average Bonchev–Trinajstić information content (AvgIpc) is 2.89. The number of methoxy groups -OCH3 is 1. The molecule has 0 radical (unpaired) electrons. The van der Waals surface area contributed by atoms with Gasteiger partial charge in [-0.2, -0.15) is 22.0 Å². The number of benzene rings is 2. The summed E-state index contributed by atoms with van der Waals surface area (Å²) in [6.45, 7) is -3.06. The Balaban J connectivity index is 1.94. The van der Waals surface area contributed by atoms with Crippen molar-refractivity contribution in [2.75, 3.05) is 14.2 Å². The fourth-order valence-electron chi connectivity index (χ4n) is 3.82. The third kappa shape index (κ3) is 7.78. The van der Waals surface area contributed by atoms with E-state index in [1.165, 1.54) is 32.4 Å². The van der Waals surface area contributed by atoms with E-state index in [2.05, 4.69) is 20.4 Å². The van der Waals surface area contributed by atoms with Crippen LogP contribution in [0.2, 0.25) is 5.02 Å². The van der Waals surface area contributed by atoms with E-state index in [0.717, 1.165) is 12.3 Å². The maximum Gasteiger partial charge on any atom is 0.433 e. The third-order valence-electron chi connectivity index (χ3n) is 5.72. The highest BCUT2D eigenvalue weighted by Gasteiger charge is 2.32. The standard InChI is InChI=1S/C26H25ClF5N3O3/c1-33-24(36)23(16-5-8-18(27)9-6-16)35-19(10-3-15-4-12-22(34-14-15)26(30,31)32)17-7-11-20(38-25(28)29)21(13-17)37-2/h4-9,11-14,19,23,25,35H,3,10H2,1-2H3,(H,33,36)/t19-,23-/m0/s1.